The van der Waals surface area contributed by atoms with E-state index >= 15 is 0 Å². The van der Waals surface area contributed by atoms with Gasteiger partial charge in [0, 0.05) is 12.6 Å². The smallest absolute Gasteiger partial charge is 0.0124 e. The molecule has 3 atom stereocenters. The van der Waals surface area contributed by atoms with Gasteiger partial charge >= 0.3 is 0 Å². The fourth-order valence-corrected chi connectivity index (χ4v) is 3.50. The fourth-order valence-electron chi connectivity index (χ4n) is 3.50. The highest BCUT2D eigenvalue weighted by Crippen LogP contribution is 2.41. The summed E-state index contributed by atoms with van der Waals surface area (Å²) in [5.41, 5.74) is 0. The molecule has 0 aromatic carbocycles. The highest BCUT2D eigenvalue weighted by atomic mass is 15.2. The van der Waals surface area contributed by atoms with Gasteiger partial charge in [-0.05, 0) is 37.6 Å². The molecular weight excluding hydrogens is 158 g/mol. The van der Waals surface area contributed by atoms with Crippen LogP contribution in [-0.4, -0.2) is 24.5 Å². The van der Waals surface area contributed by atoms with Crippen molar-refractivity contribution in [2.45, 2.75) is 45.6 Å². The molecule has 2 aliphatic rings. The van der Waals surface area contributed by atoms with Gasteiger partial charge in [0.2, 0.25) is 0 Å². The number of fused-ring (bicyclic) bond motifs is 1. The first-order chi connectivity index (χ1) is 6.20. The van der Waals surface area contributed by atoms with E-state index in [9.17, 15) is 0 Å². The maximum absolute atomic E-state index is 2.62. The van der Waals surface area contributed by atoms with Crippen LogP contribution < -0.4 is 0 Å². The molecule has 0 amide bonds. The van der Waals surface area contributed by atoms with Gasteiger partial charge in [-0.15, -0.1) is 0 Å². The predicted octanol–water partition coefficient (Wildman–Crippen LogP) is 2.76. The van der Waals surface area contributed by atoms with Crippen LogP contribution in [0, 0.1) is 17.8 Å². The minimum atomic E-state index is 0.885. The van der Waals surface area contributed by atoms with Gasteiger partial charge in [-0.2, -0.15) is 0 Å². The molecule has 1 aliphatic heterocycles. The van der Waals surface area contributed by atoms with E-state index in [4.69, 9.17) is 0 Å². The van der Waals surface area contributed by atoms with Crippen molar-refractivity contribution in [3.63, 3.8) is 0 Å². The Bertz CT molecular complexity index is 176. The second-order valence-electron chi connectivity index (χ2n) is 5.36. The van der Waals surface area contributed by atoms with Gasteiger partial charge in [0.15, 0.2) is 0 Å². The summed E-state index contributed by atoms with van der Waals surface area (Å²) in [6.07, 6.45) is 5.91. The van der Waals surface area contributed by atoms with Crippen LogP contribution >= 0.6 is 0 Å². The summed E-state index contributed by atoms with van der Waals surface area (Å²) < 4.78 is 0. The summed E-state index contributed by atoms with van der Waals surface area (Å²) in [5, 5.41) is 0. The Morgan fingerprint density at radius 3 is 2.54 bits per heavy atom. The SMILES string of the molecule is CC(C)[C@H]1CN(C)[C@H]2CCCC[C@H]12. The lowest BCUT2D eigenvalue weighted by molar-refractivity contribution is 0.196. The first kappa shape index (κ1) is 9.51. The third kappa shape index (κ3) is 1.63. The zero-order valence-electron chi connectivity index (χ0n) is 9.29. The summed E-state index contributed by atoms with van der Waals surface area (Å²) in [4.78, 5) is 2.62. The van der Waals surface area contributed by atoms with Crippen molar-refractivity contribution >= 4 is 0 Å². The molecule has 0 N–H and O–H groups in total. The van der Waals surface area contributed by atoms with Gasteiger partial charge in [0.05, 0.1) is 0 Å². The minimum Gasteiger partial charge on any atom is -0.303 e. The highest BCUT2D eigenvalue weighted by Gasteiger charge is 2.41. The molecule has 1 nitrogen and oxygen atoms in total. The van der Waals surface area contributed by atoms with E-state index in [0.29, 0.717) is 0 Å². The van der Waals surface area contributed by atoms with E-state index in [-0.39, 0.29) is 0 Å². The van der Waals surface area contributed by atoms with Crippen LogP contribution in [0.15, 0.2) is 0 Å². The zero-order chi connectivity index (χ0) is 9.42. The normalized spacial score (nSPS) is 41.1. The van der Waals surface area contributed by atoms with Crippen molar-refractivity contribution in [1.29, 1.82) is 0 Å². The van der Waals surface area contributed by atoms with E-state index in [1.807, 2.05) is 0 Å². The number of likely N-dealkylation sites (tertiary alicyclic amines) is 1. The van der Waals surface area contributed by atoms with E-state index < -0.39 is 0 Å². The number of hydrogen-bond acceptors (Lipinski definition) is 1. The molecule has 2 fully saturated rings. The second-order valence-corrected chi connectivity index (χ2v) is 5.36. The molecule has 0 spiro atoms. The van der Waals surface area contributed by atoms with Crippen LogP contribution in [0.3, 0.4) is 0 Å². The second kappa shape index (κ2) is 3.61. The van der Waals surface area contributed by atoms with E-state index in [1.165, 1.54) is 32.2 Å². The summed E-state index contributed by atoms with van der Waals surface area (Å²) in [7, 11) is 2.32. The van der Waals surface area contributed by atoms with Crippen LogP contribution in [0.5, 0.6) is 0 Å². The van der Waals surface area contributed by atoms with E-state index in [0.717, 1.165) is 23.8 Å². The summed E-state index contributed by atoms with van der Waals surface area (Å²) >= 11 is 0. The predicted molar refractivity (Wildman–Crippen MR) is 56.7 cm³/mol. The zero-order valence-corrected chi connectivity index (χ0v) is 9.29. The molecular formula is C12H23N. The fraction of sp³-hybridized carbons (Fsp3) is 1.00. The molecule has 0 aromatic rings. The van der Waals surface area contributed by atoms with Crippen molar-refractivity contribution in [3.05, 3.63) is 0 Å². The highest BCUT2D eigenvalue weighted by molar-refractivity contribution is 4.94. The van der Waals surface area contributed by atoms with Crippen LogP contribution in [0.1, 0.15) is 39.5 Å². The third-order valence-corrected chi connectivity index (χ3v) is 4.25. The molecule has 0 radical (unpaired) electrons. The summed E-state index contributed by atoms with van der Waals surface area (Å²) in [5.74, 6) is 2.89. The number of nitrogens with zero attached hydrogens (tertiary/aromatic N) is 1. The van der Waals surface area contributed by atoms with Gasteiger partial charge in [0.25, 0.3) is 0 Å². The Labute approximate surface area is 82.5 Å². The van der Waals surface area contributed by atoms with E-state index in [1.54, 1.807) is 0 Å². The van der Waals surface area contributed by atoms with Crippen molar-refractivity contribution in [3.8, 4) is 0 Å². The van der Waals surface area contributed by atoms with Gasteiger partial charge in [-0.1, -0.05) is 26.7 Å². The summed E-state index contributed by atoms with van der Waals surface area (Å²) in [6.45, 7) is 6.15. The summed E-state index contributed by atoms with van der Waals surface area (Å²) in [6, 6.07) is 0.932. The lowest BCUT2D eigenvalue weighted by atomic mass is 9.76. The molecule has 13 heavy (non-hydrogen) atoms. The number of hydrogen-bond donors (Lipinski definition) is 0. The first-order valence-electron chi connectivity index (χ1n) is 5.90. The molecule has 0 unspecified atom stereocenters. The standard InChI is InChI=1S/C12H23N/c1-9(2)11-8-13(3)12-7-5-4-6-10(11)12/h9-12H,4-8H2,1-3H3/t10-,11-,12+/m1/s1. The Balaban J connectivity index is 2.08. The topological polar surface area (TPSA) is 3.24 Å². The molecule has 0 bridgehead atoms. The monoisotopic (exact) mass is 181 g/mol. The molecule has 1 heteroatoms. The first-order valence-corrected chi connectivity index (χ1v) is 5.90. The lowest BCUT2D eigenvalue weighted by Gasteiger charge is -2.31. The van der Waals surface area contributed by atoms with Crippen LogP contribution in [0.25, 0.3) is 0 Å². The van der Waals surface area contributed by atoms with Crippen molar-refractivity contribution in [2.75, 3.05) is 13.6 Å². The van der Waals surface area contributed by atoms with E-state index in [2.05, 4.69) is 25.8 Å². The Morgan fingerprint density at radius 1 is 1.15 bits per heavy atom. The molecule has 1 saturated carbocycles. The molecule has 76 valence electrons. The van der Waals surface area contributed by atoms with Crippen LogP contribution in [0.4, 0.5) is 0 Å². The van der Waals surface area contributed by atoms with Gasteiger partial charge in [-0.25, -0.2) is 0 Å². The molecule has 1 heterocycles. The molecule has 1 saturated heterocycles. The van der Waals surface area contributed by atoms with Crippen LogP contribution in [-0.2, 0) is 0 Å². The molecule has 1 aliphatic carbocycles. The van der Waals surface area contributed by atoms with Gasteiger partial charge < -0.3 is 4.90 Å². The third-order valence-electron chi connectivity index (χ3n) is 4.25. The Kier molecular flexibility index (Phi) is 2.64. The maximum atomic E-state index is 2.62. The minimum absolute atomic E-state index is 0.885. The maximum Gasteiger partial charge on any atom is 0.0124 e. The average molecular weight is 181 g/mol. The van der Waals surface area contributed by atoms with Crippen molar-refractivity contribution in [2.24, 2.45) is 17.8 Å². The van der Waals surface area contributed by atoms with Crippen molar-refractivity contribution < 1.29 is 0 Å². The molecule has 2 rings (SSSR count). The molecule has 0 aromatic heterocycles. The van der Waals surface area contributed by atoms with Gasteiger partial charge in [0.1, 0.15) is 0 Å². The largest absolute Gasteiger partial charge is 0.303 e. The average Bonchev–Trinajstić information content (AvgIpc) is 2.45. The van der Waals surface area contributed by atoms with Crippen molar-refractivity contribution in [1.82, 2.24) is 4.90 Å². The van der Waals surface area contributed by atoms with Gasteiger partial charge in [-0.3, -0.25) is 0 Å². The number of rotatable bonds is 1. The Morgan fingerprint density at radius 2 is 1.85 bits per heavy atom. The quantitative estimate of drug-likeness (QED) is 0.601. The lowest BCUT2D eigenvalue weighted by Crippen LogP contribution is -2.32. The van der Waals surface area contributed by atoms with Crippen LogP contribution in [0.2, 0.25) is 0 Å². The Hall–Kier alpha value is -0.0400.